The molecule has 0 saturated heterocycles. The normalized spacial score (nSPS) is 11.0. The molecule has 1 rings (SSSR count). The zero-order valence-corrected chi connectivity index (χ0v) is 10.9. The molecule has 0 aromatic heterocycles. The van der Waals surface area contributed by atoms with Gasteiger partial charge < -0.3 is 16.4 Å². The number of nitrogens with one attached hydrogen (secondary N) is 2. The van der Waals surface area contributed by atoms with Crippen LogP contribution in [0.3, 0.4) is 0 Å². The summed E-state index contributed by atoms with van der Waals surface area (Å²) in [6, 6.07) is 2.84. The average molecular weight is 309 g/mol. The van der Waals surface area contributed by atoms with E-state index >= 15 is 0 Å². The van der Waals surface area contributed by atoms with Crippen molar-refractivity contribution in [1.82, 2.24) is 10.6 Å². The van der Waals surface area contributed by atoms with Gasteiger partial charge in [0, 0.05) is 17.7 Å². The molecule has 0 saturated carbocycles. The summed E-state index contributed by atoms with van der Waals surface area (Å²) >= 11 is 4.67. The lowest BCUT2D eigenvalue weighted by molar-refractivity contribution is -0.122. The quantitative estimate of drug-likeness (QED) is 0.587. The Kier molecular flexibility index (Phi) is 5.26. The molecule has 0 atom stereocenters. The molecule has 4 N–H and O–H groups in total. The van der Waals surface area contributed by atoms with E-state index in [0.29, 0.717) is 5.56 Å². The third kappa shape index (κ3) is 5.39. The Morgan fingerprint density at radius 2 is 1.95 bits per heavy atom. The smallest absolute Gasteiger partial charge is 0.389 e. The number of benzene rings is 1. The van der Waals surface area contributed by atoms with Crippen LogP contribution in [-0.4, -0.2) is 23.7 Å². The fraction of sp³-hybridized carbons (Fsp3) is 0.273. The Morgan fingerprint density at radius 1 is 1.30 bits per heavy atom. The molecule has 1 aromatic carbocycles. The molecular formula is C11H11F4N3OS. The van der Waals surface area contributed by atoms with Crippen molar-refractivity contribution in [1.29, 1.82) is 0 Å². The molecule has 0 fully saturated rings. The predicted molar refractivity (Wildman–Crippen MR) is 68.6 cm³/mol. The molecule has 0 radical (unpaired) electrons. The van der Waals surface area contributed by atoms with E-state index in [9.17, 15) is 22.4 Å². The molecule has 9 heteroatoms. The molecule has 4 nitrogen and oxygen atoms in total. The Hall–Kier alpha value is -1.90. The number of carbonyl (C=O) groups excluding carboxylic acids is 1. The van der Waals surface area contributed by atoms with Crippen molar-refractivity contribution < 1.29 is 22.4 Å². The molecule has 0 unspecified atom stereocenters. The van der Waals surface area contributed by atoms with Crippen LogP contribution in [0.25, 0.3) is 0 Å². The van der Waals surface area contributed by atoms with Gasteiger partial charge in [0.15, 0.2) is 0 Å². The average Bonchev–Trinajstić information content (AvgIpc) is 2.33. The van der Waals surface area contributed by atoms with Gasteiger partial charge in [0.25, 0.3) is 0 Å². The number of rotatable bonds is 4. The van der Waals surface area contributed by atoms with Gasteiger partial charge in [-0.1, -0.05) is 24.4 Å². The molecule has 0 bridgehead atoms. The number of urea groups is 1. The Morgan fingerprint density at radius 3 is 2.45 bits per heavy atom. The number of halogens is 4. The number of amides is 2. The van der Waals surface area contributed by atoms with Gasteiger partial charge in [-0.15, -0.1) is 0 Å². The summed E-state index contributed by atoms with van der Waals surface area (Å²) in [5, 5.41) is 3.71. The first-order valence-electron chi connectivity index (χ1n) is 5.36. The number of thiocarbonyl (C=S) groups is 1. The van der Waals surface area contributed by atoms with E-state index in [-0.39, 0.29) is 17.1 Å². The van der Waals surface area contributed by atoms with Crippen LogP contribution in [-0.2, 0) is 6.54 Å². The third-order valence-electron chi connectivity index (χ3n) is 2.23. The summed E-state index contributed by atoms with van der Waals surface area (Å²) in [5.41, 5.74) is 5.74. The topological polar surface area (TPSA) is 67.1 Å². The van der Waals surface area contributed by atoms with E-state index in [2.05, 4.69) is 17.5 Å². The van der Waals surface area contributed by atoms with Gasteiger partial charge in [-0.2, -0.15) is 13.2 Å². The van der Waals surface area contributed by atoms with Gasteiger partial charge in [0.05, 0.1) is 0 Å². The minimum Gasteiger partial charge on any atom is -0.389 e. The standard InChI is InChI=1S/C11H11F4N3OS/c12-8-3-6(9(16)20)1-2-7(8)4-17-10(19)18-5-11(13,14)15/h1-3H,4-5H2,(H2,16,20)(H2,17,18,19). The van der Waals surface area contributed by atoms with Crippen LogP contribution in [0.4, 0.5) is 22.4 Å². The van der Waals surface area contributed by atoms with E-state index in [1.165, 1.54) is 12.1 Å². The Balaban J connectivity index is 2.54. The van der Waals surface area contributed by atoms with Crippen molar-refractivity contribution >= 4 is 23.2 Å². The molecule has 1 aromatic rings. The molecule has 110 valence electrons. The molecule has 20 heavy (non-hydrogen) atoms. The zero-order chi connectivity index (χ0) is 15.3. The van der Waals surface area contributed by atoms with Crippen LogP contribution in [0.2, 0.25) is 0 Å². The first-order chi connectivity index (χ1) is 9.19. The third-order valence-corrected chi connectivity index (χ3v) is 2.46. The lowest BCUT2D eigenvalue weighted by Gasteiger charge is -2.10. The Labute approximate surface area is 117 Å². The van der Waals surface area contributed by atoms with Crippen LogP contribution in [0.5, 0.6) is 0 Å². The van der Waals surface area contributed by atoms with Crippen molar-refractivity contribution in [3.63, 3.8) is 0 Å². The van der Waals surface area contributed by atoms with Gasteiger partial charge in [-0.05, 0) is 6.07 Å². The van der Waals surface area contributed by atoms with Crippen molar-refractivity contribution in [3.8, 4) is 0 Å². The first kappa shape index (κ1) is 16.2. The van der Waals surface area contributed by atoms with Crippen LogP contribution in [0, 0.1) is 5.82 Å². The summed E-state index contributed by atoms with van der Waals surface area (Å²) in [7, 11) is 0. The molecule has 0 aliphatic carbocycles. The summed E-state index contributed by atoms with van der Waals surface area (Å²) in [6.45, 7) is -1.71. The monoisotopic (exact) mass is 309 g/mol. The fourth-order valence-electron chi connectivity index (χ4n) is 1.26. The van der Waals surface area contributed by atoms with Gasteiger partial charge in [-0.25, -0.2) is 9.18 Å². The van der Waals surface area contributed by atoms with E-state index in [0.717, 1.165) is 6.07 Å². The second-order valence-electron chi connectivity index (χ2n) is 3.82. The van der Waals surface area contributed by atoms with Gasteiger partial charge in [0.1, 0.15) is 17.4 Å². The minimum absolute atomic E-state index is 0.0197. The van der Waals surface area contributed by atoms with Gasteiger partial charge in [0.2, 0.25) is 0 Å². The van der Waals surface area contributed by atoms with Crippen LogP contribution < -0.4 is 16.4 Å². The maximum atomic E-state index is 13.6. The zero-order valence-electron chi connectivity index (χ0n) is 10.1. The number of hydrogen-bond donors (Lipinski definition) is 3. The number of hydrogen-bond acceptors (Lipinski definition) is 2. The molecule has 0 heterocycles. The van der Waals surface area contributed by atoms with E-state index in [4.69, 9.17) is 5.73 Å². The van der Waals surface area contributed by atoms with E-state index < -0.39 is 24.6 Å². The maximum absolute atomic E-state index is 13.6. The van der Waals surface area contributed by atoms with Crippen molar-refractivity contribution in [3.05, 3.63) is 35.1 Å². The Bertz CT molecular complexity index is 519. The molecule has 0 aliphatic rings. The van der Waals surface area contributed by atoms with Gasteiger partial charge in [-0.3, -0.25) is 0 Å². The molecule has 0 spiro atoms. The second kappa shape index (κ2) is 6.51. The lowest BCUT2D eigenvalue weighted by atomic mass is 10.1. The second-order valence-corrected chi connectivity index (χ2v) is 4.26. The largest absolute Gasteiger partial charge is 0.405 e. The van der Waals surface area contributed by atoms with Crippen molar-refractivity contribution in [2.24, 2.45) is 5.73 Å². The lowest BCUT2D eigenvalue weighted by Crippen LogP contribution is -2.40. The molecular weight excluding hydrogens is 298 g/mol. The molecule has 2 amide bonds. The van der Waals surface area contributed by atoms with Crippen molar-refractivity contribution in [2.75, 3.05) is 6.54 Å². The van der Waals surface area contributed by atoms with Crippen LogP contribution in [0.15, 0.2) is 18.2 Å². The predicted octanol–water partition coefficient (Wildman–Crippen LogP) is 1.82. The fourth-order valence-corrected chi connectivity index (χ4v) is 1.39. The SMILES string of the molecule is NC(=S)c1ccc(CNC(=O)NCC(F)(F)F)c(F)c1. The summed E-state index contributed by atoms with van der Waals surface area (Å²) in [6.07, 6.45) is -4.50. The summed E-state index contributed by atoms with van der Waals surface area (Å²) in [5.74, 6) is -0.661. The maximum Gasteiger partial charge on any atom is 0.405 e. The highest BCUT2D eigenvalue weighted by Gasteiger charge is 2.27. The first-order valence-corrected chi connectivity index (χ1v) is 5.76. The highest BCUT2D eigenvalue weighted by Crippen LogP contribution is 2.12. The number of nitrogens with two attached hydrogens (primary N) is 1. The van der Waals surface area contributed by atoms with Crippen LogP contribution in [0.1, 0.15) is 11.1 Å². The summed E-state index contributed by atoms with van der Waals surface area (Å²) in [4.78, 5) is 11.1. The van der Waals surface area contributed by atoms with E-state index in [1.54, 1.807) is 5.32 Å². The van der Waals surface area contributed by atoms with Crippen LogP contribution >= 0.6 is 12.2 Å². The summed E-state index contributed by atoms with van der Waals surface area (Å²) < 4.78 is 49.1. The highest BCUT2D eigenvalue weighted by molar-refractivity contribution is 7.80. The van der Waals surface area contributed by atoms with E-state index in [1.807, 2.05) is 0 Å². The number of carbonyl (C=O) groups is 1. The number of alkyl halides is 3. The molecule has 0 aliphatic heterocycles. The van der Waals surface area contributed by atoms with Gasteiger partial charge >= 0.3 is 12.2 Å². The van der Waals surface area contributed by atoms with Crippen molar-refractivity contribution in [2.45, 2.75) is 12.7 Å². The minimum atomic E-state index is -4.50. The highest BCUT2D eigenvalue weighted by atomic mass is 32.1.